The fraction of sp³-hybridized carbons (Fsp3) is 0.154. The molecule has 1 aromatic carbocycles. The number of sulfonamides is 1. The van der Waals surface area contributed by atoms with E-state index >= 15 is 0 Å². The van der Waals surface area contributed by atoms with Crippen molar-refractivity contribution in [2.75, 3.05) is 5.73 Å². The summed E-state index contributed by atoms with van der Waals surface area (Å²) >= 11 is 5.81. The number of pyridine rings is 1. The summed E-state index contributed by atoms with van der Waals surface area (Å²) in [6, 6.07) is 6.11. The number of rotatable bonds is 4. The summed E-state index contributed by atoms with van der Waals surface area (Å²) in [5, 5.41) is 0.319. The third kappa shape index (κ3) is 3.27. The van der Waals surface area contributed by atoms with Crippen LogP contribution in [0.5, 0.6) is 0 Å². The zero-order valence-electron chi connectivity index (χ0n) is 10.8. The lowest BCUT2D eigenvalue weighted by atomic mass is 10.2. The molecule has 2 rings (SSSR count). The lowest BCUT2D eigenvalue weighted by molar-refractivity contribution is 0.581. The molecular formula is C13H14ClN3O2S. The Hall–Kier alpha value is -1.63. The third-order valence-electron chi connectivity index (χ3n) is 2.85. The van der Waals surface area contributed by atoms with Crippen molar-refractivity contribution < 1.29 is 8.42 Å². The number of nitrogen functional groups attached to an aromatic ring is 1. The van der Waals surface area contributed by atoms with Gasteiger partial charge in [-0.3, -0.25) is 4.98 Å². The van der Waals surface area contributed by atoms with Crippen LogP contribution in [0.3, 0.4) is 0 Å². The minimum Gasteiger partial charge on any atom is -0.398 e. The zero-order valence-corrected chi connectivity index (χ0v) is 12.4. The molecule has 0 saturated carbocycles. The normalized spacial score (nSPS) is 11.5. The van der Waals surface area contributed by atoms with E-state index in [1.807, 2.05) is 6.92 Å². The molecule has 0 radical (unpaired) electrons. The summed E-state index contributed by atoms with van der Waals surface area (Å²) in [6.07, 6.45) is 3.29. The molecule has 20 heavy (non-hydrogen) atoms. The Morgan fingerprint density at radius 3 is 2.80 bits per heavy atom. The van der Waals surface area contributed by atoms with Gasteiger partial charge in [0.1, 0.15) is 4.90 Å². The van der Waals surface area contributed by atoms with Crippen molar-refractivity contribution in [1.29, 1.82) is 0 Å². The third-order valence-corrected chi connectivity index (χ3v) is 4.55. The van der Waals surface area contributed by atoms with Crippen LogP contribution < -0.4 is 10.5 Å². The highest BCUT2D eigenvalue weighted by atomic mass is 35.5. The minimum atomic E-state index is -3.71. The fourth-order valence-corrected chi connectivity index (χ4v) is 3.09. The quantitative estimate of drug-likeness (QED) is 0.847. The van der Waals surface area contributed by atoms with E-state index in [9.17, 15) is 8.42 Å². The van der Waals surface area contributed by atoms with Crippen LogP contribution in [0, 0.1) is 6.92 Å². The molecule has 0 amide bonds. The summed E-state index contributed by atoms with van der Waals surface area (Å²) < 4.78 is 27.0. The SMILES string of the molecule is Cc1cnccc1CNS(=O)(=O)c1cc(Cl)ccc1N. The predicted octanol–water partition coefficient (Wildman–Crippen LogP) is 2.10. The molecule has 0 bridgehead atoms. The van der Waals surface area contributed by atoms with Gasteiger partial charge in [0.15, 0.2) is 0 Å². The fourth-order valence-electron chi connectivity index (χ4n) is 1.69. The highest BCUT2D eigenvalue weighted by molar-refractivity contribution is 7.89. The number of halogens is 1. The van der Waals surface area contributed by atoms with Crippen LogP contribution in [0.4, 0.5) is 5.69 Å². The zero-order chi connectivity index (χ0) is 14.8. The summed E-state index contributed by atoms with van der Waals surface area (Å²) in [7, 11) is -3.71. The van der Waals surface area contributed by atoms with Crippen molar-refractivity contribution in [2.45, 2.75) is 18.4 Å². The maximum atomic E-state index is 12.2. The number of hydrogen-bond acceptors (Lipinski definition) is 4. The molecule has 1 heterocycles. The van der Waals surface area contributed by atoms with Gasteiger partial charge >= 0.3 is 0 Å². The average Bonchev–Trinajstić information content (AvgIpc) is 2.40. The van der Waals surface area contributed by atoms with E-state index in [-0.39, 0.29) is 17.1 Å². The summed E-state index contributed by atoms with van der Waals surface area (Å²) in [5.74, 6) is 0. The number of nitrogens with two attached hydrogens (primary N) is 1. The smallest absolute Gasteiger partial charge is 0.242 e. The van der Waals surface area contributed by atoms with Crippen LogP contribution in [0.2, 0.25) is 5.02 Å². The second kappa shape index (κ2) is 5.78. The Labute approximate surface area is 122 Å². The highest BCUT2D eigenvalue weighted by Crippen LogP contribution is 2.22. The van der Waals surface area contributed by atoms with E-state index in [1.165, 1.54) is 12.1 Å². The maximum absolute atomic E-state index is 12.2. The second-order valence-electron chi connectivity index (χ2n) is 4.31. The van der Waals surface area contributed by atoms with E-state index in [1.54, 1.807) is 24.5 Å². The van der Waals surface area contributed by atoms with E-state index in [4.69, 9.17) is 17.3 Å². The van der Waals surface area contributed by atoms with E-state index < -0.39 is 10.0 Å². The molecule has 1 aromatic heterocycles. The van der Waals surface area contributed by atoms with Crippen LogP contribution in [0.15, 0.2) is 41.6 Å². The first-order chi connectivity index (χ1) is 9.40. The number of aryl methyl sites for hydroxylation is 1. The molecule has 0 aliphatic rings. The van der Waals surface area contributed by atoms with E-state index in [0.29, 0.717) is 5.02 Å². The largest absolute Gasteiger partial charge is 0.398 e. The number of aromatic nitrogens is 1. The summed E-state index contributed by atoms with van der Waals surface area (Å²) in [4.78, 5) is 3.94. The molecule has 0 unspecified atom stereocenters. The number of nitrogens with one attached hydrogen (secondary N) is 1. The lowest BCUT2D eigenvalue weighted by Gasteiger charge is -2.10. The maximum Gasteiger partial charge on any atom is 0.242 e. The minimum absolute atomic E-state index is 0.0169. The van der Waals surface area contributed by atoms with Crippen LogP contribution in [0.1, 0.15) is 11.1 Å². The average molecular weight is 312 g/mol. The Kier molecular flexibility index (Phi) is 4.27. The molecule has 2 aromatic rings. The molecule has 0 fully saturated rings. The molecule has 0 atom stereocenters. The van der Waals surface area contributed by atoms with Gasteiger partial charge in [0.2, 0.25) is 10.0 Å². The molecule has 5 nitrogen and oxygen atoms in total. The van der Waals surface area contributed by atoms with Crippen molar-refractivity contribution in [1.82, 2.24) is 9.71 Å². The highest BCUT2D eigenvalue weighted by Gasteiger charge is 2.17. The summed E-state index contributed by atoms with van der Waals surface area (Å²) in [6.45, 7) is 2.03. The van der Waals surface area contributed by atoms with Gasteiger partial charge in [-0.25, -0.2) is 13.1 Å². The van der Waals surface area contributed by atoms with E-state index in [0.717, 1.165) is 11.1 Å². The standard InChI is InChI=1S/C13H14ClN3O2S/c1-9-7-16-5-4-10(9)8-17-20(18,19)13-6-11(14)2-3-12(13)15/h2-7,17H,8,15H2,1H3. The van der Waals surface area contributed by atoms with Gasteiger partial charge in [-0.05, 0) is 42.3 Å². The monoisotopic (exact) mass is 311 g/mol. The first-order valence-electron chi connectivity index (χ1n) is 5.84. The van der Waals surface area contributed by atoms with Gasteiger partial charge in [-0.2, -0.15) is 0 Å². The molecule has 0 saturated heterocycles. The molecule has 106 valence electrons. The molecule has 0 aliphatic carbocycles. The van der Waals surface area contributed by atoms with Crippen molar-refractivity contribution >= 4 is 27.3 Å². The van der Waals surface area contributed by atoms with Gasteiger partial charge in [-0.1, -0.05) is 11.6 Å². The van der Waals surface area contributed by atoms with Crippen LogP contribution >= 0.6 is 11.6 Å². The molecular weight excluding hydrogens is 298 g/mol. The molecule has 0 spiro atoms. The van der Waals surface area contributed by atoms with Gasteiger partial charge in [0.05, 0.1) is 5.69 Å². The van der Waals surface area contributed by atoms with Gasteiger partial charge in [0.25, 0.3) is 0 Å². The second-order valence-corrected chi connectivity index (χ2v) is 6.48. The van der Waals surface area contributed by atoms with Crippen LogP contribution in [0.25, 0.3) is 0 Å². The predicted molar refractivity (Wildman–Crippen MR) is 78.9 cm³/mol. The first-order valence-corrected chi connectivity index (χ1v) is 7.70. The van der Waals surface area contributed by atoms with Crippen molar-refractivity contribution in [2.24, 2.45) is 0 Å². The Balaban J connectivity index is 2.24. The lowest BCUT2D eigenvalue weighted by Crippen LogP contribution is -2.24. The van der Waals surface area contributed by atoms with E-state index in [2.05, 4.69) is 9.71 Å². The Morgan fingerprint density at radius 1 is 1.35 bits per heavy atom. The van der Waals surface area contributed by atoms with Gasteiger partial charge in [-0.15, -0.1) is 0 Å². The molecule has 7 heteroatoms. The number of benzene rings is 1. The van der Waals surface area contributed by atoms with Crippen LogP contribution in [-0.4, -0.2) is 13.4 Å². The number of anilines is 1. The topological polar surface area (TPSA) is 85.1 Å². The Morgan fingerprint density at radius 2 is 2.10 bits per heavy atom. The van der Waals surface area contributed by atoms with Crippen molar-refractivity contribution in [3.8, 4) is 0 Å². The van der Waals surface area contributed by atoms with Crippen molar-refractivity contribution in [3.63, 3.8) is 0 Å². The number of hydrogen-bond donors (Lipinski definition) is 2. The summed E-state index contributed by atoms with van der Waals surface area (Å²) in [5.41, 5.74) is 7.61. The number of nitrogens with zero attached hydrogens (tertiary/aromatic N) is 1. The van der Waals surface area contributed by atoms with Gasteiger partial charge in [0, 0.05) is 24.0 Å². The Bertz CT molecular complexity index is 732. The molecule has 0 aliphatic heterocycles. The first kappa shape index (κ1) is 14.8. The van der Waals surface area contributed by atoms with Crippen LogP contribution in [-0.2, 0) is 16.6 Å². The molecule has 3 N–H and O–H groups in total. The van der Waals surface area contributed by atoms with Crippen molar-refractivity contribution in [3.05, 3.63) is 52.8 Å². The van der Waals surface area contributed by atoms with Gasteiger partial charge < -0.3 is 5.73 Å².